The fourth-order valence-corrected chi connectivity index (χ4v) is 5.40. The van der Waals surface area contributed by atoms with Crippen LogP contribution in [0, 0.1) is 0 Å². The van der Waals surface area contributed by atoms with Crippen LogP contribution >= 0.6 is 11.6 Å². The third kappa shape index (κ3) is 6.33. The number of aliphatic hydroxyl groups excluding tert-OH is 1. The van der Waals surface area contributed by atoms with Gasteiger partial charge in [0.05, 0.1) is 33.4 Å². The molecule has 4 N–H and O–H groups in total. The molecule has 1 unspecified atom stereocenters. The van der Waals surface area contributed by atoms with Gasteiger partial charge in [0.15, 0.2) is 0 Å². The molecule has 0 saturated heterocycles. The molecular weight excluding hydrogens is 528 g/mol. The van der Waals surface area contributed by atoms with Gasteiger partial charge in [-0.2, -0.15) is 0 Å². The molecule has 4 aromatic rings. The highest BCUT2D eigenvalue weighted by Gasteiger charge is 2.21. The highest BCUT2D eigenvalue weighted by molar-refractivity contribution is 7.92. The van der Waals surface area contributed by atoms with E-state index in [1.54, 1.807) is 54.9 Å². The molecule has 0 fully saturated rings. The quantitative estimate of drug-likeness (QED) is 0.211. The van der Waals surface area contributed by atoms with Gasteiger partial charge in [0.1, 0.15) is 5.52 Å². The summed E-state index contributed by atoms with van der Waals surface area (Å²) in [4.78, 5) is 15.8. The van der Waals surface area contributed by atoms with Crippen molar-refractivity contribution >= 4 is 44.3 Å². The first-order chi connectivity index (χ1) is 18.0. The lowest BCUT2D eigenvalue weighted by molar-refractivity contribution is 0.0697. The Bertz CT molecular complexity index is 1550. The summed E-state index contributed by atoms with van der Waals surface area (Å²) in [5, 5.41) is 23.5. The summed E-state index contributed by atoms with van der Waals surface area (Å²) in [6.45, 7) is 4.87. The van der Waals surface area contributed by atoms with E-state index in [4.69, 9.17) is 11.6 Å². The van der Waals surface area contributed by atoms with Crippen LogP contribution in [0.3, 0.4) is 0 Å². The zero-order valence-electron chi connectivity index (χ0n) is 20.9. The molecule has 9 nitrogen and oxygen atoms in total. The normalized spacial score (nSPS) is 12.9. The first-order valence-corrected chi connectivity index (χ1v) is 13.8. The van der Waals surface area contributed by atoms with Crippen molar-refractivity contribution in [3.05, 3.63) is 89.2 Å². The second-order valence-corrected chi connectivity index (χ2v) is 11.7. The summed E-state index contributed by atoms with van der Waals surface area (Å²) in [6.07, 6.45) is 1.45. The highest BCUT2D eigenvalue weighted by Crippen LogP contribution is 2.27. The van der Waals surface area contributed by atoms with E-state index in [1.165, 1.54) is 18.2 Å². The minimum atomic E-state index is -3.74. The number of nitrogens with zero attached hydrogens (tertiary/aromatic N) is 2. The number of carbonyl (C=O) groups is 1. The number of aliphatic hydroxyl groups is 1. The lowest BCUT2D eigenvalue weighted by Gasteiger charge is -2.28. The fraction of sp³-hybridized carbons (Fsp3) is 0.259. The molecule has 0 saturated carbocycles. The molecule has 1 aromatic heterocycles. The minimum Gasteiger partial charge on any atom is -0.478 e. The van der Waals surface area contributed by atoms with Crippen molar-refractivity contribution in [3.8, 4) is 0 Å². The number of aromatic nitrogens is 2. The number of sulfonamides is 1. The average Bonchev–Trinajstić information content (AvgIpc) is 3.31. The molecule has 0 aliphatic carbocycles. The number of rotatable bonds is 11. The molecule has 3 aromatic carbocycles. The van der Waals surface area contributed by atoms with Crippen LogP contribution in [0.25, 0.3) is 11.0 Å². The van der Waals surface area contributed by atoms with Crippen molar-refractivity contribution in [2.75, 3.05) is 11.3 Å². The third-order valence-corrected chi connectivity index (χ3v) is 8.07. The van der Waals surface area contributed by atoms with Gasteiger partial charge in [-0.3, -0.25) is 4.72 Å². The predicted molar refractivity (Wildman–Crippen MR) is 147 cm³/mol. The number of β-amino-alcohol motifs (C(OH)–C–C–N with tert-alkyl or cyclic N) is 1. The molecule has 38 heavy (non-hydrogen) atoms. The van der Waals surface area contributed by atoms with Crippen LogP contribution in [-0.4, -0.2) is 46.2 Å². The monoisotopic (exact) mass is 556 g/mol. The van der Waals surface area contributed by atoms with E-state index in [-0.39, 0.29) is 27.6 Å². The van der Waals surface area contributed by atoms with Gasteiger partial charge in [0.2, 0.25) is 0 Å². The van der Waals surface area contributed by atoms with Gasteiger partial charge in [0, 0.05) is 24.3 Å². The third-order valence-electron chi connectivity index (χ3n) is 6.29. The molecule has 11 heteroatoms. The van der Waals surface area contributed by atoms with Crippen LogP contribution in [0.15, 0.2) is 78.0 Å². The average molecular weight is 557 g/mol. The molecule has 0 aliphatic rings. The Kier molecular flexibility index (Phi) is 8.08. The van der Waals surface area contributed by atoms with Crippen LogP contribution in [0.4, 0.5) is 5.69 Å². The number of carboxylic acid groups (broad SMARTS) is 1. The lowest BCUT2D eigenvalue weighted by Crippen LogP contribution is -2.42. The topological polar surface area (TPSA) is 134 Å². The summed E-state index contributed by atoms with van der Waals surface area (Å²) in [7, 11) is -3.74. The molecule has 0 radical (unpaired) electrons. The van der Waals surface area contributed by atoms with Crippen molar-refractivity contribution in [1.82, 2.24) is 14.9 Å². The molecule has 1 heterocycles. The van der Waals surface area contributed by atoms with Gasteiger partial charge >= 0.3 is 5.97 Å². The Morgan fingerprint density at radius 3 is 2.55 bits per heavy atom. The van der Waals surface area contributed by atoms with Crippen LogP contribution in [0.2, 0.25) is 5.02 Å². The number of carboxylic acids is 1. The molecule has 0 spiro atoms. The van der Waals surface area contributed by atoms with E-state index >= 15 is 0 Å². The van der Waals surface area contributed by atoms with Gasteiger partial charge < -0.3 is 20.1 Å². The molecule has 0 aliphatic heterocycles. The van der Waals surface area contributed by atoms with Gasteiger partial charge in [-0.05, 0) is 62.2 Å². The number of hydrogen-bond donors (Lipinski definition) is 4. The van der Waals surface area contributed by atoms with Crippen molar-refractivity contribution in [2.45, 2.75) is 43.4 Å². The second-order valence-electron chi connectivity index (χ2n) is 9.61. The van der Waals surface area contributed by atoms with Crippen LogP contribution < -0.4 is 10.0 Å². The number of benzene rings is 3. The van der Waals surface area contributed by atoms with Crippen LogP contribution in [0.1, 0.15) is 42.3 Å². The Morgan fingerprint density at radius 2 is 1.84 bits per heavy atom. The van der Waals surface area contributed by atoms with Gasteiger partial charge in [0.25, 0.3) is 10.0 Å². The number of aryl methyl sites for hydroxylation is 1. The Balaban J connectivity index is 1.37. The van der Waals surface area contributed by atoms with E-state index in [0.717, 1.165) is 5.52 Å². The lowest BCUT2D eigenvalue weighted by atomic mass is 9.99. The Morgan fingerprint density at radius 1 is 1.11 bits per heavy atom. The molecular formula is C27H29ClN4O5S. The van der Waals surface area contributed by atoms with Crippen molar-refractivity contribution in [2.24, 2.45) is 0 Å². The summed E-state index contributed by atoms with van der Waals surface area (Å²) in [5.41, 5.74) is 1.76. The summed E-state index contributed by atoms with van der Waals surface area (Å²) in [5.74, 6) is -1.10. The number of nitrogens with one attached hydrogen (secondary N) is 2. The summed E-state index contributed by atoms with van der Waals surface area (Å²) < 4.78 is 29.7. The van der Waals surface area contributed by atoms with Crippen molar-refractivity contribution in [1.29, 1.82) is 0 Å². The smallest absolute Gasteiger partial charge is 0.337 e. The molecule has 0 bridgehead atoms. The van der Waals surface area contributed by atoms with E-state index in [0.29, 0.717) is 29.7 Å². The predicted octanol–water partition coefficient (Wildman–Crippen LogP) is 4.68. The molecule has 4 rings (SSSR count). The van der Waals surface area contributed by atoms with Gasteiger partial charge in [-0.1, -0.05) is 41.9 Å². The Hall–Kier alpha value is -3.44. The second kappa shape index (κ2) is 11.1. The molecule has 200 valence electrons. The van der Waals surface area contributed by atoms with Crippen LogP contribution in [0.5, 0.6) is 0 Å². The summed E-state index contributed by atoms with van der Waals surface area (Å²) >= 11 is 6.23. The maximum absolute atomic E-state index is 12.6. The van der Waals surface area contributed by atoms with E-state index in [1.807, 2.05) is 18.4 Å². The zero-order valence-corrected chi connectivity index (χ0v) is 22.5. The molecule has 1 atom stereocenters. The van der Waals surface area contributed by atoms with E-state index < -0.39 is 22.1 Å². The number of anilines is 1. The number of fused-ring (bicyclic) bond motifs is 1. The SMILES string of the molecule is CC(C)(CCn1cnc2c(Cl)c(C(=O)O)ccc21)NCC(O)c1cccc(NS(=O)(=O)c2ccccc2)c1. The highest BCUT2D eigenvalue weighted by atomic mass is 35.5. The zero-order chi connectivity index (χ0) is 27.5. The Labute approximate surface area is 226 Å². The van der Waals surface area contributed by atoms with Gasteiger partial charge in [-0.25, -0.2) is 18.2 Å². The standard InChI is InChI=1S/C27H29ClN4O5S/c1-27(2,13-14-32-17-29-25-22(32)12-11-21(24(25)28)26(34)35)30-16-23(33)18-7-6-8-19(15-18)31-38(36,37)20-9-4-3-5-10-20/h3-12,15,17,23,30-31,33H,13-14,16H2,1-2H3,(H,34,35). The number of halogens is 1. The largest absolute Gasteiger partial charge is 0.478 e. The maximum atomic E-state index is 12.6. The number of imidazole rings is 1. The fourth-order valence-electron chi connectivity index (χ4n) is 4.04. The summed E-state index contributed by atoms with van der Waals surface area (Å²) in [6, 6.07) is 17.9. The molecule has 0 amide bonds. The maximum Gasteiger partial charge on any atom is 0.337 e. The minimum absolute atomic E-state index is 0.0114. The van der Waals surface area contributed by atoms with E-state index in [2.05, 4.69) is 15.0 Å². The van der Waals surface area contributed by atoms with Crippen molar-refractivity contribution < 1.29 is 23.4 Å². The number of hydrogen-bond acceptors (Lipinski definition) is 6. The first kappa shape index (κ1) is 27.6. The van der Waals surface area contributed by atoms with Crippen LogP contribution in [-0.2, 0) is 16.6 Å². The van der Waals surface area contributed by atoms with Crippen molar-refractivity contribution in [3.63, 3.8) is 0 Å². The van der Waals surface area contributed by atoms with Gasteiger partial charge in [-0.15, -0.1) is 0 Å². The van der Waals surface area contributed by atoms with E-state index in [9.17, 15) is 23.4 Å². The number of aromatic carboxylic acids is 1. The first-order valence-electron chi connectivity index (χ1n) is 11.9.